The Hall–Kier alpha value is -3.02. The van der Waals surface area contributed by atoms with Gasteiger partial charge in [0.2, 0.25) is 6.29 Å². The van der Waals surface area contributed by atoms with Crippen LogP contribution in [0.2, 0.25) is 0 Å². The molecule has 0 spiro atoms. The molecule has 1 aliphatic heterocycles. The van der Waals surface area contributed by atoms with Gasteiger partial charge in [-0.05, 0) is 42.0 Å². The second-order valence-electron chi connectivity index (χ2n) is 6.78. The van der Waals surface area contributed by atoms with E-state index in [1.807, 2.05) is 6.07 Å². The number of hydrogen-bond donors (Lipinski definition) is 5. The number of hydrogen-bond acceptors (Lipinski definition) is 9. The highest BCUT2D eigenvalue weighted by Crippen LogP contribution is 2.24. The number of nitrogens with zero attached hydrogens (tertiary/aromatic N) is 1. The minimum absolute atomic E-state index is 0.173. The number of carbonyl (C=O) groups is 1. The molecule has 10 nitrogen and oxygen atoms in total. The lowest BCUT2D eigenvalue weighted by atomic mass is 9.99. The molecular formula is C21H24N2O8. The summed E-state index contributed by atoms with van der Waals surface area (Å²) >= 11 is 0. The minimum atomic E-state index is -1.52. The first-order valence-electron chi connectivity index (χ1n) is 9.55. The number of benzene rings is 2. The maximum Gasteiger partial charge on any atom is 0.277 e. The van der Waals surface area contributed by atoms with E-state index >= 15 is 0 Å². The van der Waals surface area contributed by atoms with Gasteiger partial charge in [-0.15, -0.1) is 0 Å². The van der Waals surface area contributed by atoms with Gasteiger partial charge in [-0.3, -0.25) is 4.79 Å². The molecule has 0 bridgehead atoms. The van der Waals surface area contributed by atoms with E-state index in [1.165, 1.54) is 6.21 Å². The van der Waals surface area contributed by atoms with Gasteiger partial charge in [-0.2, -0.15) is 5.10 Å². The third kappa shape index (κ3) is 6.23. The Kier molecular flexibility index (Phi) is 7.93. The van der Waals surface area contributed by atoms with Crippen LogP contribution < -0.4 is 14.9 Å². The van der Waals surface area contributed by atoms with Gasteiger partial charge in [0.25, 0.3) is 5.91 Å². The van der Waals surface area contributed by atoms with Crippen LogP contribution in [0.5, 0.6) is 11.5 Å². The summed E-state index contributed by atoms with van der Waals surface area (Å²) < 4.78 is 16.1. The lowest BCUT2D eigenvalue weighted by Crippen LogP contribution is -2.60. The summed E-state index contributed by atoms with van der Waals surface area (Å²) in [7, 11) is 0. The smallest absolute Gasteiger partial charge is 0.277 e. The van der Waals surface area contributed by atoms with Gasteiger partial charge < -0.3 is 34.6 Å². The number of rotatable bonds is 8. The Morgan fingerprint density at radius 1 is 1.00 bits per heavy atom. The van der Waals surface area contributed by atoms with Crippen LogP contribution in [0.3, 0.4) is 0 Å². The normalized spacial score (nSPS) is 25.9. The fourth-order valence-electron chi connectivity index (χ4n) is 2.81. The molecule has 2 aromatic carbocycles. The maximum absolute atomic E-state index is 11.8. The molecule has 2 aromatic rings. The summed E-state index contributed by atoms with van der Waals surface area (Å²) in [6.07, 6.45) is -5.35. The topological polar surface area (TPSA) is 150 Å². The molecule has 1 amide bonds. The van der Waals surface area contributed by atoms with E-state index in [-0.39, 0.29) is 6.61 Å². The molecule has 1 heterocycles. The van der Waals surface area contributed by atoms with Crippen LogP contribution in [-0.4, -0.2) is 76.5 Å². The van der Waals surface area contributed by atoms with Crippen molar-refractivity contribution in [1.82, 2.24) is 5.43 Å². The standard InChI is InChI=1S/C21H24N2O8/c24-11-16-18(26)19(27)20(28)21(31-16)30-15-8-6-13(7-9-15)10-22-23-17(25)12-29-14-4-2-1-3-5-14/h1-10,16,18-21,24,26-28H,11-12H2,(H,23,25)/b22-10-/t16-,18+,19+,20+,21+/m0/s1. The van der Waals surface area contributed by atoms with Crippen molar-refractivity contribution in [2.24, 2.45) is 5.10 Å². The fraction of sp³-hybridized carbons (Fsp3) is 0.333. The van der Waals surface area contributed by atoms with Crippen LogP contribution in [0.1, 0.15) is 5.56 Å². The Bertz CT molecular complexity index is 859. The Morgan fingerprint density at radius 3 is 2.39 bits per heavy atom. The maximum atomic E-state index is 11.8. The summed E-state index contributed by atoms with van der Waals surface area (Å²) in [6, 6.07) is 15.4. The number of amides is 1. The molecule has 1 aliphatic rings. The van der Waals surface area contributed by atoms with Crippen LogP contribution >= 0.6 is 0 Å². The van der Waals surface area contributed by atoms with Crippen molar-refractivity contribution in [3.63, 3.8) is 0 Å². The van der Waals surface area contributed by atoms with Crippen molar-refractivity contribution in [2.45, 2.75) is 30.7 Å². The Labute approximate surface area is 178 Å². The van der Waals surface area contributed by atoms with Gasteiger partial charge in [-0.1, -0.05) is 18.2 Å². The molecule has 1 fully saturated rings. The van der Waals surface area contributed by atoms with Crippen molar-refractivity contribution in [3.05, 3.63) is 60.2 Å². The first-order valence-corrected chi connectivity index (χ1v) is 9.55. The second kappa shape index (κ2) is 10.8. The zero-order valence-electron chi connectivity index (χ0n) is 16.4. The van der Waals surface area contributed by atoms with E-state index in [0.29, 0.717) is 17.1 Å². The number of carbonyl (C=O) groups excluding carboxylic acids is 1. The van der Waals surface area contributed by atoms with Crippen molar-refractivity contribution < 1.29 is 39.4 Å². The average molecular weight is 432 g/mol. The Morgan fingerprint density at radius 2 is 1.71 bits per heavy atom. The highest BCUT2D eigenvalue weighted by Gasteiger charge is 2.44. The molecule has 3 rings (SSSR count). The van der Waals surface area contributed by atoms with E-state index in [0.717, 1.165) is 0 Å². The van der Waals surface area contributed by atoms with E-state index in [4.69, 9.17) is 14.2 Å². The van der Waals surface area contributed by atoms with E-state index in [9.17, 15) is 25.2 Å². The number of hydrazone groups is 1. The third-order valence-electron chi connectivity index (χ3n) is 4.50. The third-order valence-corrected chi connectivity index (χ3v) is 4.50. The number of para-hydroxylation sites is 1. The number of ether oxygens (including phenoxy) is 3. The van der Waals surface area contributed by atoms with E-state index in [1.54, 1.807) is 48.5 Å². The largest absolute Gasteiger partial charge is 0.484 e. The first kappa shape index (κ1) is 22.7. The van der Waals surface area contributed by atoms with Crippen LogP contribution in [-0.2, 0) is 9.53 Å². The van der Waals surface area contributed by atoms with Crippen LogP contribution in [0.15, 0.2) is 59.7 Å². The minimum Gasteiger partial charge on any atom is -0.484 e. The summed E-state index contributed by atoms with van der Waals surface area (Å²) in [4.78, 5) is 11.8. The summed E-state index contributed by atoms with van der Waals surface area (Å²) in [5.41, 5.74) is 3.01. The van der Waals surface area contributed by atoms with Crippen molar-refractivity contribution in [2.75, 3.05) is 13.2 Å². The monoisotopic (exact) mass is 432 g/mol. The summed E-state index contributed by atoms with van der Waals surface area (Å²) in [6.45, 7) is -0.713. The lowest BCUT2D eigenvalue weighted by Gasteiger charge is -2.39. The molecular weight excluding hydrogens is 408 g/mol. The molecule has 166 valence electrons. The number of nitrogens with one attached hydrogen (secondary N) is 1. The predicted octanol–water partition coefficient (Wildman–Crippen LogP) is -0.606. The average Bonchev–Trinajstić information content (AvgIpc) is 2.80. The zero-order chi connectivity index (χ0) is 22.2. The SMILES string of the molecule is O=C(COc1ccccc1)N/N=C\c1ccc(O[C@@H]2O[C@@H](CO)[C@@H](O)[C@@H](O)[C@H]2O)cc1. The molecule has 0 unspecified atom stereocenters. The predicted molar refractivity (Wildman–Crippen MR) is 109 cm³/mol. The van der Waals surface area contributed by atoms with Crippen molar-refractivity contribution in [1.29, 1.82) is 0 Å². The number of aliphatic hydroxyl groups is 4. The van der Waals surface area contributed by atoms with Gasteiger partial charge in [0.05, 0.1) is 12.8 Å². The highest BCUT2D eigenvalue weighted by atomic mass is 16.7. The molecule has 1 saturated heterocycles. The van der Waals surface area contributed by atoms with Crippen molar-refractivity contribution >= 4 is 12.1 Å². The highest BCUT2D eigenvalue weighted by molar-refractivity contribution is 5.83. The molecule has 0 aliphatic carbocycles. The molecule has 5 atom stereocenters. The lowest BCUT2D eigenvalue weighted by molar-refractivity contribution is -0.277. The molecule has 5 N–H and O–H groups in total. The zero-order valence-corrected chi connectivity index (χ0v) is 16.4. The summed E-state index contributed by atoms with van der Waals surface area (Å²) in [5, 5.41) is 42.7. The van der Waals surface area contributed by atoms with Gasteiger partial charge in [0, 0.05) is 0 Å². The molecule has 31 heavy (non-hydrogen) atoms. The molecule has 0 radical (unpaired) electrons. The molecule has 10 heteroatoms. The van der Waals surface area contributed by atoms with Crippen molar-refractivity contribution in [3.8, 4) is 11.5 Å². The van der Waals surface area contributed by atoms with E-state index in [2.05, 4.69) is 10.5 Å². The van der Waals surface area contributed by atoms with Crippen LogP contribution in [0.25, 0.3) is 0 Å². The van der Waals surface area contributed by atoms with Gasteiger partial charge >= 0.3 is 0 Å². The van der Waals surface area contributed by atoms with Gasteiger partial charge in [-0.25, -0.2) is 5.43 Å². The fourth-order valence-corrected chi connectivity index (χ4v) is 2.81. The second-order valence-corrected chi connectivity index (χ2v) is 6.78. The van der Waals surface area contributed by atoms with E-state index < -0.39 is 43.2 Å². The van der Waals surface area contributed by atoms with Gasteiger partial charge in [0.15, 0.2) is 6.61 Å². The quantitative estimate of drug-likeness (QED) is 0.274. The van der Waals surface area contributed by atoms with Gasteiger partial charge in [0.1, 0.15) is 35.9 Å². The Balaban J connectivity index is 1.48. The first-order chi connectivity index (χ1) is 15.0. The van der Waals surface area contributed by atoms with Crippen LogP contribution in [0.4, 0.5) is 0 Å². The number of aliphatic hydroxyl groups excluding tert-OH is 4. The molecule has 0 aromatic heterocycles. The van der Waals surface area contributed by atoms with Crippen LogP contribution in [0, 0.1) is 0 Å². The molecule has 0 saturated carbocycles. The summed E-state index contributed by atoms with van der Waals surface area (Å²) in [5.74, 6) is 0.487.